The van der Waals surface area contributed by atoms with E-state index >= 15 is 0 Å². The highest BCUT2D eigenvalue weighted by atomic mass is 16.2. The second kappa shape index (κ2) is 8.99. The predicted octanol–water partition coefficient (Wildman–Crippen LogP) is 3.78. The summed E-state index contributed by atoms with van der Waals surface area (Å²) in [4.78, 5) is 28.1. The van der Waals surface area contributed by atoms with Crippen LogP contribution < -0.4 is 5.32 Å². The van der Waals surface area contributed by atoms with Crippen molar-refractivity contribution in [2.45, 2.75) is 39.5 Å². The fourth-order valence-corrected chi connectivity index (χ4v) is 3.46. The predicted molar refractivity (Wildman–Crippen MR) is 102 cm³/mol. The van der Waals surface area contributed by atoms with Crippen LogP contribution in [-0.2, 0) is 0 Å². The summed E-state index contributed by atoms with van der Waals surface area (Å²) in [5, 5.41) is 2.96. The van der Waals surface area contributed by atoms with Crippen LogP contribution in [0.4, 0.5) is 10.5 Å². The van der Waals surface area contributed by atoms with Gasteiger partial charge in [-0.15, -0.1) is 0 Å². The van der Waals surface area contributed by atoms with Crippen LogP contribution in [0.2, 0.25) is 0 Å². The average Bonchev–Trinajstić information content (AvgIpc) is 2.54. The van der Waals surface area contributed by atoms with Crippen LogP contribution in [-0.4, -0.2) is 55.3 Å². The number of nitrogens with one attached hydrogen (secondary N) is 1. The summed E-state index contributed by atoms with van der Waals surface area (Å²) in [5.41, 5.74) is 2.35. The third kappa shape index (κ3) is 5.85. The van der Waals surface area contributed by atoms with Crippen molar-refractivity contribution in [2.24, 2.45) is 5.92 Å². The largest absolute Gasteiger partial charge is 0.325 e. The van der Waals surface area contributed by atoms with Gasteiger partial charge in [0.15, 0.2) is 5.78 Å². The Bertz CT molecular complexity index is 605. The van der Waals surface area contributed by atoms with Crippen molar-refractivity contribution in [1.82, 2.24) is 9.80 Å². The second-order valence-electron chi connectivity index (χ2n) is 7.39. The molecule has 1 N–H and O–H groups in total. The molecule has 0 aliphatic carbocycles. The lowest BCUT2D eigenvalue weighted by Crippen LogP contribution is -2.41. The van der Waals surface area contributed by atoms with Gasteiger partial charge in [0.05, 0.1) is 0 Å². The van der Waals surface area contributed by atoms with E-state index in [0.29, 0.717) is 5.56 Å². The van der Waals surface area contributed by atoms with Gasteiger partial charge in [-0.25, -0.2) is 4.79 Å². The Labute approximate surface area is 151 Å². The summed E-state index contributed by atoms with van der Waals surface area (Å²) in [6.45, 7) is 6.23. The van der Waals surface area contributed by atoms with Crippen molar-refractivity contribution in [3.05, 3.63) is 29.3 Å². The number of rotatable bonds is 6. The van der Waals surface area contributed by atoms with E-state index in [2.05, 4.69) is 24.3 Å². The molecule has 1 saturated heterocycles. The molecule has 0 spiro atoms. The Morgan fingerprint density at radius 2 is 1.92 bits per heavy atom. The number of hydrogen-bond donors (Lipinski definition) is 1. The van der Waals surface area contributed by atoms with E-state index in [-0.39, 0.29) is 11.8 Å². The highest BCUT2D eigenvalue weighted by molar-refractivity contribution is 5.96. The molecule has 2 amide bonds. The number of Topliss-reactive ketones (excluding diaryl/α,β-unsaturated/α-hetero) is 1. The minimum Gasteiger partial charge on any atom is -0.325 e. The molecular weight excluding hydrogens is 314 g/mol. The summed E-state index contributed by atoms with van der Waals surface area (Å²) in [7, 11) is 4.22. The molecule has 1 aliphatic heterocycles. The molecular formula is C20H31N3O2. The molecule has 0 unspecified atom stereocenters. The van der Waals surface area contributed by atoms with Gasteiger partial charge >= 0.3 is 6.03 Å². The van der Waals surface area contributed by atoms with Crippen LogP contribution in [0.3, 0.4) is 0 Å². The van der Waals surface area contributed by atoms with Crippen LogP contribution in [0.25, 0.3) is 0 Å². The Morgan fingerprint density at radius 3 is 2.48 bits per heavy atom. The van der Waals surface area contributed by atoms with Gasteiger partial charge in [-0.3, -0.25) is 4.79 Å². The zero-order valence-corrected chi connectivity index (χ0v) is 16.0. The molecule has 25 heavy (non-hydrogen) atoms. The standard InChI is InChI=1S/C20H31N3O2/c1-15-14-18(7-8-19(15)16(2)24)21-20(25)23-12-9-17(10-13-23)6-5-11-22(3)4/h7-8,14,17H,5-6,9-13H2,1-4H3,(H,21,25). The Balaban J connectivity index is 1.81. The number of hydrogen-bond acceptors (Lipinski definition) is 3. The lowest BCUT2D eigenvalue weighted by molar-refractivity contribution is 0.101. The quantitative estimate of drug-likeness (QED) is 0.798. The van der Waals surface area contributed by atoms with E-state index in [1.54, 1.807) is 19.1 Å². The molecule has 1 heterocycles. The number of carbonyl (C=O) groups is 2. The van der Waals surface area contributed by atoms with Crippen molar-refractivity contribution in [2.75, 3.05) is 39.0 Å². The van der Waals surface area contributed by atoms with Crippen molar-refractivity contribution in [3.8, 4) is 0 Å². The zero-order chi connectivity index (χ0) is 18.4. The molecule has 138 valence electrons. The van der Waals surface area contributed by atoms with Gasteiger partial charge in [0.1, 0.15) is 0 Å². The Morgan fingerprint density at radius 1 is 1.24 bits per heavy atom. The molecule has 1 aromatic carbocycles. The maximum atomic E-state index is 12.4. The van der Waals surface area contributed by atoms with E-state index in [1.807, 2.05) is 17.9 Å². The lowest BCUT2D eigenvalue weighted by Gasteiger charge is -2.32. The minimum atomic E-state index is -0.0401. The van der Waals surface area contributed by atoms with Gasteiger partial charge in [-0.05, 0) is 89.9 Å². The van der Waals surface area contributed by atoms with Crippen LogP contribution >= 0.6 is 0 Å². The number of nitrogens with zero attached hydrogens (tertiary/aromatic N) is 2. The molecule has 5 nitrogen and oxygen atoms in total. The number of benzene rings is 1. The highest BCUT2D eigenvalue weighted by Crippen LogP contribution is 2.23. The number of carbonyl (C=O) groups excluding carboxylic acids is 2. The maximum absolute atomic E-state index is 12.4. The zero-order valence-electron chi connectivity index (χ0n) is 16.0. The van der Waals surface area contributed by atoms with Crippen LogP contribution in [0, 0.1) is 12.8 Å². The third-order valence-electron chi connectivity index (χ3n) is 4.98. The van der Waals surface area contributed by atoms with E-state index < -0.39 is 0 Å². The number of anilines is 1. The van der Waals surface area contributed by atoms with Gasteiger partial charge in [0.25, 0.3) is 0 Å². The van der Waals surface area contributed by atoms with Crippen LogP contribution in [0.15, 0.2) is 18.2 Å². The molecule has 1 aliphatic rings. The fraction of sp³-hybridized carbons (Fsp3) is 0.600. The molecule has 1 aromatic rings. The summed E-state index contributed by atoms with van der Waals surface area (Å²) >= 11 is 0. The second-order valence-corrected chi connectivity index (χ2v) is 7.39. The van der Waals surface area contributed by atoms with E-state index in [4.69, 9.17) is 0 Å². The Kier molecular flexibility index (Phi) is 7.00. The van der Waals surface area contributed by atoms with Gasteiger partial charge in [-0.1, -0.05) is 0 Å². The number of likely N-dealkylation sites (tertiary alicyclic amines) is 1. The first-order valence-electron chi connectivity index (χ1n) is 9.19. The first-order valence-corrected chi connectivity index (χ1v) is 9.19. The van der Waals surface area contributed by atoms with Crippen molar-refractivity contribution in [1.29, 1.82) is 0 Å². The van der Waals surface area contributed by atoms with E-state index in [9.17, 15) is 9.59 Å². The number of piperidine rings is 1. The van der Waals surface area contributed by atoms with Crippen molar-refractivity contribution >= 4 is 17.5 Å². The topological polar surface area (TPSA) is 52.7 Å². The van der Waals surface area contributed by atoms with E-state index in [1.165, 1.54) is 12.8 Å². The smallest absolute Gasteiger partial charge is 0.321 e. The van der Waals surface area contributed by atoms with Crippen LogP contribution in [0.5, 0.6) is 0 Å². The summed E-state index contributed by atoms with van der Waals surface area (Å²) in [5.74, 6) is 0.785. The molecule has 0 radical (unpaired) electrons. The Hall–Kier alpha value is -1.88. The summed E-state index contributed by atoms with van der Waals surface area (Å²) < 4.78 is 0. The van der Waals surface area contributed by atoms with E-state index in [0.717, 1.165) is 49.6 Å². The van der Waals surface area contributed by atoms with Crippen molar-refractivity contribution in [3.63, 3.8) is 0 Å². The molecule has 0 atom stereocenters. The molecule has 2 rings (SSSR count). The number of amides is 2. The maximum Gasteiger partial charge on any atom is 0.321 e. The molecule has 0 aromatic heterocycles. The monoisotopic (exact) mass is 345 g/mol. The van der Waals surface area contributed by atoms with Gasteiger partial charge < -0.3 is 15.1 Å². The first-order chi connectivity index (χ1) is 11.9. The van der Waals surface area contributed by atoms with Crippen LogP contribution in [0.1, 0.15) is 48.5 Å². The number of urea groups is 1. The van der Waals surface area contributed by atoms with Crippen molar-refractivity contribution < 1.29 is 9.59 Å². The normalized spacial score (nSPS) is 15.5. The van der Waals surface area contributed by atoms with Gasteiger partial charge in [-0.2, -0.15) is 0 Å². The third-order valence-corrected chi connectivity index (χ3v) is 4.98. The molecule has 0 saturated carbocycles. The fourth-order valence-electron chi connectivity index (χ4n) is 3.46. The first kappa shape index (κ1) is 19.4. The minimum absolute atomic E-state index is 0.0401. The SMILES string of the molecule is CC(=O)c1ccc(NC(=O)N2CCC(CCCN(C)C)CC2)cc1C. The average molecular weight is 345 g/mol. The molecule has 1 fully saturated rings. The van der Waals surface area contributed by atoms with Gasteiger partial charge in [0.2, 0.25) is 0 Å². The summed E-state index contributed by atoms with van der Waals surface area (Å²) in [6, 6.07) is 5.41. The lowest BCUT2D eigenvalue weighted by atomic mass is 9.92. The number of aryl methyl sites for hydroxylation is 1. The highest BCUT2D eigenvalue weighted by Gasteiger charge is 2.22. The molecule has 5 heteroatoms. The number of ketones is 1. The molecule has 0 bridgehead atoms. The van der Waals surface area contributed by atoms with Gasteiger partial charge in [0, 0.05) is 24.3 Å². The summed E-state index contributed by atoms with van der Waals surface area (Å²) in [6.07, 6.45) is 4.65.